The van der Waals surface area contributed by atoms with Gasteiger partial charge in [0.15, 0.2) is 0 Å². The summed E-state index contributed by atoms with van der Waals surface area (Å²) in [5.41, 5.74) is 5.45. The van der Waals surface area contributed by atoms with Crippen LogP contribution in [0.15, 0.2) is 0 Å². The van der Waals surface area contributed by atoms with Crippen LogP contribution in [-0.2, 0) is 4.79 Å². The van der Waals surface area contributed by atoms with Gasteiger partial charge in [0, 0.05) is 5.25 Å². The summed E-state index contributed by atoms with van der Waals surface area (Å²) in [5, 5.41) is 9.08. The second-order valence-corrected chi connectivity index (χ2v) is 4.40. The molecule has 0 bridgehead atoms. The fraction of sp³-hybridized carbons (Fsp3) is 0.875. The zero-order valence-corrected chi connectivity index (χ0v) is 8.60. The van der Waals surface area contributed by atoms with Gasteiger partial charge in [0.1, 0.15) is 6.04 Å². The maximum Gasteiger partial charge on any atom is 0.320 e. The third-order valence-electron chi connectivity index (χ3n) is 2.00. The van der Waals surface area contributed by atoms with Crippen molar-refractivity contribution < 1.29 is 9.90 Å². The van der Waals surface area contributed by atoms with E-state index in [0.29, 0.717) is 5.25 Å². The monoisotopic (exact) mass is 191 g/mol. The van der Waals surface area contributed by atoms with E-state index in [1.807, 2.05) is 13.2 Å². The Hall–Kier alpha value is -0.220. The van der Waals surface area contributed by atoms with Crippen LogP contribution >= 0.6 is 11.8 Å². The van der Waals surface area contributed by atoms with Crippen LogP contribution in [0.4, 0.5) is 0 Å². The molecule has 0 aliphatic carbocycles. The van der Waals surface area contributed by atoms with Gasteiger partial charge in [-0.1, -0.05) is 13.8 Å². The van der Waals surface area contributed by atoms with Crippen molar-refractivity contribution >= 4 is 17.7 Å². The average molecular weight is 191 g/mol. The Morgan fingerprint density at radius 2 is 2.08 bits per heavy atom. The van der Waals surface area contributed by atoms with Crippen molar-refractivity contribution in [3.63, 3.8) is 0 Å². The number of aliphatic carboxylic acids is 1. The summed E-state index contributed by atoms with van der Waals surface area (Å²) in [6.45, 7) is 3.96. The van der Waals surface area contributed by atoms with Crippen molar-refractivity contribution in [3.8, 4) is 0 Å². The van der Waals surface area contributed by atoms with Gasteiger partial charge in [-0.3, -0.25) is 4.79 Å². The maximum atomic E-state index is 10.5. The summed E-state index contributed by atoms with van der Waals surface area (Å²) < 4.78 is 0. The topological polar surface area (TPSA) is 63.3 Å². The Morgan fingerprint density at radius 3 is 2.42 bits per heavy atom. The largest absolute Gasteiger partial charge is 0.480 e. The van der Waals surface area contributed by atoms with Crippen LogP contribution < -0.4 is 5.73 Å². The van der Waals surface area contributed by atoms with Gasteiger partial charge in [0.25, 0.3) is 0 Å². The van der Waals surface area contributed by atoms with Crippen LogP contribution in [-0.4, -0.2) is 28.6 Å². The van der Waals surface area contributed by atoms with Crippen LogP contribution in [0.3, 0.4) is 0 Å². The molecule has 4 heteroatoms. The zero-order valence-electron chi connectivity index (χ0n) is 7.78. The van der Waals surface area contributed by atoms with Crippen molar-refractivity contribution in [3.05, 3.63) is 0 Å². The fourth-order valence-corrected chi connectivity index (χ4v) is 1.51. The minimum absolute atomic E-state index is 0.0462. The first-order chi connectivity index (χ1) is 5.49. The molecule has 3 atom stereocenters. The molecule has 0 aromatic carbocycles. The number of hydrogen-bond donors (Lipinski definition) is 2. The molecule has 0 aliphatic rings. The van der Waals surface area contributed by atoms with Crippen LogP contribution in [0.2, 0.25) is 0 Å². The van der Waals surface area contributed by atoms with E-state index < -0.39 is 12.0 Å². The van der Waals surface area contributed by atoms with Crippen molar-refractivity contribution in [1.29, 1.82) is 0 Å². The highest BCUT2D eigenvalue weighted by Crippen LogP contribution is 2.17. The number of thioether (sulfide) groups is 1. The molecule has 0 fully saturated rings. The van der Waals surface area contributed by atoms with E-state index in [2.05, 4.69) is 6.92 Å². The molecule has 3 N–H and O–H groups in total. The first-order valence-corrected chi connectivity index (χ1v) is 5.29. The summed E-state index contributed by atoms with van der Waals surface area (Å²) in [5.74, 6) is -0.860. The second-order valence-electron chi connectivity index (χ2n) is 3.12. The summed E-state index contributed by atoms with van der Waals surface area (Å²) in [7, 11) is 0. The van der Waals surface area contributed by atoms with Crippen LogP contribution in [0.5, 0.6) is 0 Å². The number of nitrogens with two attached hydrogens (primary N) is 1. The molecule has 0 saturated heterocycles. The first kappa shape index (κ1) is 11.8. The summed E-state index contributed by atoms with van der Waals surface area (Å²) in [6.07, 6.45) is 2.87. The van der Waals surface area contributed by atoms with E-state index >= 15 is 0 Å². The highest BCUT2D eigenvalue weighted by Gasteiger charge is 2.21. The molecule has 0 saturated carbocycles. The zero-order chi connectivity index (χ0) is 9.72. The third-order valence-corrected chi connectivity index (χ3v) is 3.00. The normalized spacial score (nSPS) is 18.3. The molecule has 0 heterocycles. The maximum absolute atomic E-state index is 10.5. The van der Waals surface area contributed by atoms with E-state index in [1.54, 1.807) is 11.8 Å². The van der Waals surface area contributed by atoms with E-state index in [0.717, 1.165) is 6.42 Å². The smallest absolute Gasteiger partial charge is 0.320 e. The predicted molar refractivity (Wildman–Crippen MR) is 52.4 cm³/mol. The van der Waals surface area contributed by atoms with E-state index in [1.165, 1.54) is 0 Å². The average Bonchev–Trinajstić information content (AvgIpc) is 2.02. The fourth-order valence-electron chi connectivity index (χ4n) is 1.01. The van der Waals surface area contributed by atoms with Gasteiger partial charge in [-0.15, -0.1) is 0 Å². The van der Waals surface area contributed by atoms with Crippen LogP contribution in [0, 0.1) is 5.92 Å². The van der Waals surface area contributed by atoms with Gasteiger partial charge in [0.05, 0.1) is 0 Å². The quantitative estimate of drug-likeness (QED) is 0.685. The lowest BCUT2D eigenvalue weighted by Crippen LogP contribution is -2.37. The molecule has 0 aromatic heterocycles. The highest BCUT2D eigenvalue weighted by molar-refractivity contribution is 7.99. The third kappa shape index (κ3) is 3.97. The molecule has 0 rings (SSSR count). The predicted octanol–water partition coefficient (Wildman–Crippen LogP) is 1.18. The Balaban J connectivity index is 3.86. The molecule has 3 nitrogen and oxygen atoms in total. The number of hydrogen-bond acceptors (Lipinski definition) is 3. The Kier molecular flexibility index (Phi) is 5.33. The molecule has 0 spiro atoms. The number of carbonyl (C=O) groups is 1. The molecule has 0 radical (unpaired) electrons. The number of carboxylic acid groups (broad SMARTS) is 1. The summed E-state index contributed by atoms with van der Waals surface area (Å²) in [4.78, 5) is 10.5. The minimum atomic E-state index is -0.907. The molecule has 0 amide bonds. The number of carboxylic acids is 1. The Labute approximate surface area is 77.7 Å². The lowest BCUT2D eigenvalue weighted by Gasteiger charge is -2.18. The molecule has 0 aromatic rings. The molecule has 12 heavy (non-hydrogen) atoms. The van der Waals surface area contributed by atoms with Gasteiger partial charge >= 0.3 is 5.97 Å². The molecule has 0 aliphatic heterocycles. The molecular weight excluding hydrogens is 174 g/mol. The van der Waals surface area contributed by atoms with Crippen molar-refractivity contribution in [1.82, 2.24) is 0 Å². The van der Waals surface area contributed by atoms with Gasteiger partial charge in [-0.25, -0.2) is 0 Å². The van der Waals surface area contributed by atoms with Gasteiger partial charge in [-0.2, -0.15) is 11.8 Å². The molecule has 72 valence electrons. The molecule has 3 unspecified atom stereocenters. The second kappa shape index (κ2) is 5.43. The minimum Gasteiger partial charge on any atom is -0.480 e. The van der Waals surface area contributed by atoms with Crippen molar-refractivity contribution in [2.75, 3.05) is 6.26 Å². The summed E-state index contributed by atoms with van der Waals surface area (Å²) >= 11 is 1.73. The van der Waals surface area contributed by atoms with Crippen molar-refractivity contribution in [2.45, 2.75) is 31.6 Å². The SMILES string of the molecule is CSC(C)CC(C)C(N)C(=O)O. The van der Waals surface area contributed by atoms with Gasteiger partial charge < -0.3 is 10.8 Å². The standard InChI is InChI=1S/C8H17NO2S/c1-5(4-6(2)12-3)7(9)8(10)11/h5-7H,4,9H2,1-3H3,(H,10,11). The van der Waals surface area contributed by atoms with E-state index in [4.69, 9.17) is 10.8 Å². The molecular formula is C8H17NO2S. The van der Waals surface area contributed by atoms with Crippen LogP contribution in [0.1, 0.15) is 20.3 Å². The number of rotatable bonds is 5. The summed E-state index contributed by atoms with van der Waals surface area (Å²) in [6, 6.07) is -0.723. The highest BCUT2D eigenvalue weighted by atomic mass is 32.2. The lowest BCUT2D eigenvalue weighted by molar-refractivity contribution is -0.139. The van der Waals surface area contributed by atoms with Gasteiger partial charge in [0.2, 0.25) is 0 Å². The van der Waals surface area contributed by atoms with Crippen LogP contribution in [0.25, 0.3) is 0 Å². The van der Waals surface area contributed by atoms with E-state index in [9.17, 15) is 4.79 Å². The van der Waals surface area contributed by atoms with E-state index in [-0.39, 0.29) is 5.92 Å². The van der Waals surface area contributed by atoms with Crippen molar-refractivity contribution in [2.24, 2.45) is 11.7 Å². The van der Waals surface area contributed by atoms with Gasteiger partial charge in [-0.05, 0) is 18.6 Å². The lowest BCUT2D eigenvalue weighted by atomic mass is 9.98. The first-order valence-electron chi connectivity index (χ1n) is 4.00. The Bertz CT molecular complexity index is 152. The Morgan fingerprint density at radius 1 is 1.58 bits per heavy atom.